The average Bonchev–Trinajstić information content (AvgIpc) is 2.78. The van der Waals surface area contributed by atoms with Gasteiger partial charge in [0, 0.05) is 5.56 Å². The molecular formula is C24H16F2N2O4. The predicted octanol–water partition coefficient (Wildman–Crippen LogP) is 4.21. The smallest absolute Gasteiger partial charge is 0.336 e. The first-order chi connectivity index (χ1) is 15.4. The van der Waals surface area contributed by atoms with E-state index >= 15 is 0 Å². The lowest BCUT2D eigenvalue weighted by Crippen LogP contribution is -2.54. The highest BCUT2D eigenvalue weighted by Crippen LogP contribution is 2.25. The molecular weight excluding hydrogens is 418 g/mol. The Bertz CT molecular complexity index is 1240. The molecule has 3 aromatic carbocycles. The van der Waals surface area contributed by atoms with Crippen LogP contribution in [0, 0.1) is 11.6 Å². The number of urea groups is 1. The molecule has 1 heterocycles. The summed E-state index contributed by atoms with van der Waals surface area (Å²) < 4.78 is 33.4. The normalized spacial score (nSPS) is 15.1. The minimum Gasteiger partial charge on any atom is -0.489 e. The number of ether oxygens (including phenoxy) is 1. The number of nitrogens with zero attached hydrogens (tertiary/aromatic N) is 1. The Balaban J connectivity index is 1.54. The molecule has 0 aromatic heterocycles. The Morgan fingerprint density at radius 1 is 0.844 bits per heavy atom. The molecule has 8 heteroatoms. The van der Waals surface area contributed by atoms with Crippen LogP contribution in [-0.4, -0.2) is 17.8 Å². The molecule has 4 amide bonds. The molecule has 160 valence electrons. The Hall–Kier alpha value is -4.33. The van der Waals surface area contributed by atoms with Crippen LogP contribution in [0.25, 0.3) is 6.08 Å². The van der Waals surface area contributed by atoms with E-state index in [0.29, 0.717) is 21.8 Å². The fourth-order valence-corrected chi connectivity index (χ4v) is 3.11. The molecule has 0 aliphatic carbocycles. The number of halogens is 2. The van der Waals surface area contributed by atoms with Crippen molar-refractivity contribution < 1.29 is 27.9 Å². The van der Waals surface area contributed by atoms with Gasteiger partial charge in [-0.2, -0.15) is 0 Å². The van der Waals surface area contributed by atoms with E-state index in [9.17, 15) is 23.2 Å². The first kappa shape index (κ1) is 20.9. The summed E-state index contributed by atoms with van der Waals surface area (Å²) in [5.74, 6) is -2.51. The second kappa shape index (κ2) is 8.81. The average molecular weight is 434 g/mol. The van der Waals surface area contributed by atoms with Crippen LogP contribution < -0.4 is 15.0 Å². The number of hydrogen-bond acceptors (Lipinski definition) is 4. The minimum absolute atomic E-state index is 0.0354. The Labute approximate surface area is 181 Å². The Morgan fingerprint density at radius 2 is 1.50 bits per heavy atom. The summed E-state index contributed by atoms with van der Waals surface area (Å²) in [5.41, 5.74) is 0.295. The summed E-state index contributed by atoms with van der Waals surface area (Å²) >= 11 is 0. The summed E-state index contributed by atoms with van der Waals surface area (Å²) in [6.45, 7) is 0.0354. The Kier molecular flexibility index (Phi) is 5.76. The fourth-order valence-electron chi connectivity index (χ4n) is 3.11. The van der Waals surface area contributed by atoms with Crippen molar-refractivity contribution in [3.63, 3.8) is 0 Å². The van der Waals surface area contributed by atoms with Crippen molar-refractivity contribution in [3.05, 3.63) is 101 Å². The molecule has 0 unspecified atom stereocenters. The molecule has 6 nitrogen and oxygen atoms in total. The lowest BCUT2D eigenvalue weighted by Gasteiger charge is -2.26. The number of barbiturate groups is 1. The third kappa shape index (κ3) is 4.24. The van der Waals surface area contributed by atoms with Crippen LogP contribution >= 0.6 is 0 Å². The van der Waals surface area contributed by atoms with E-state index in [1.165, 1.54) is 30.3 Å². The van der Waals surface area contributed by atoms with Gasteiger partial charge < -0.3 is 4.74 Å². The summed E-state index contributed by atoms with van der Waals surface area (Å²) in [7, 11) is 0. The zero-order valence-electron chi connectivity index (χ0n) is 16.5. The molecule has 32 heavy (non-hydrogen) atoms. The number of para-hydroxylation sites is 1. The molecule has 0 atom stereocenters. The Morgan fingerprint density at radius 3 is 2.19 bits per heavy atom. The number of amides is 4. The molecule has 0 radical (unpaired) electrons. The minimum atomic E-state index is -1.03. The predicted molar refractivity (Wildman–Crippen MR) is 113 cm³/mol. The molecule has 4 rings (SSSR count). The van der Waals surface area contributed by atoms with Crippen LogP contribution in [0.2, 0.25) is 0 Å². The standard InChI is InChI=1S/C24H16F2N2O4/c25-19-6-2-1-5-16(19)14-32-17-11-9-15(10-12-17)13-18-22(29)27-24(31)28(23(18)30)21-8-4-3-7-20(21)26/h1-13H,14H2,(H,27,29,31)/b18-13-. The maximum atomic E-state index is 14.1. The lowest BCUT2D eigenvalue weighted by atomic mass is 10.1. The molecule has 1 saturated heterocycles. The number of benzene rings is 3. The van der Waals surface area contributed by atoms with E-state index in [1.807, 2.05) is 5.32 Å². The SMILES string of the molecule is O=C1NC(=O)N(c2ccccc2F)C(=O)/C1=C\c1ccc(OCc2ccccc2F)cc1. The van der Waals surface area contributed by atoms with E-state index in [0.717, 1.165) is 6.07 Å². The largest absolute Gasteiger partial charge is 0.489 e. The quantitative estimate of drug-likeness (QED) is 0.482. The molecule has 1 aliphatic heterocycles. The van der Waals surface area contributed by atoms with Crippen molar-refractivity contribution >= 4 is 29.6 Å². The molecule has 0 saturated carbocycles. The van der Waals surface area contributed by atoms with E-state index in [2.05, 4.69) is 0 Å². The highest BCUT2D eigenvalue weighted by atomic mass is 19.1. The maximum Gasteiger partial charge on any atom is 0.336 e. The maximum absolute atomic E-state index is 14.1. The summed E-state index contributed by atoms with van der Waals surface area (Å²) in [4.78, 5) is 37.8. The van der Waals surface area contributed by atoms with Crippen LogP contribution in [0.5, 0.6) is 5.75 Å². The molecule has 0 spiro atoms. The van der Waals surface area contributed by atoms with Crippen LogP contribution in [0.3, 0.4) is 0 Å². The number of carbonyl (C=O) groups excluding carboxylic acids is 3. The number of rotatable bonds is 5. The van der Waals surface area contributed by atoms with Gasteiger partial charge in [0.15, 0.2) is 0 Å². The first-order valence-corrected chi connectivity index (χ1v) is 9.56. The third-order valence-electron chi connectivity index (χ3n) is 4.74. The van der Waals surface area contributed by atoms with Crippen LogP contribution in [0.15, 0.2) is 78.4 Å². The van der Waals surface area contributed by atoms with Gasteiger partial charge in [-0.05, 0) is 42.0 Å². The van der Waals surface area contributed by atoms with Gasteiger partial charge in [-0.3, -0.25) is 14.9 Å². The van der Waals surface area contributed by atoms with Gasteiger partial charge in [0.1, 0.15) is 29.6 Å². The zero-order chi connectivity index (χ0) is 22.7. The van der Waals surface area contributed by atoms with Crippen molar-refractivity contribution in [1.29, 1.82) is 0 Å². The van der Waals surface area contributed by atoms with E-state index in [4.69, 9.17) is 4.74 Å². The van der Waals surface area contributed by atoms with Gasteiger partial charge >= 0.3 is 6.03 Å². The highest BCUT2D eigenvalue weighted by Gasteiger charge is 2.37. The third-order valence-corrected chi connectivity index (χ3v) is 4.74. The molecule has 0 bridgehead atoms. The molecule has 1 N–H and O–H groups in total. The van der Waals surface area contributed by atoms with Gasteiger partial charge in [0.2, 0.25) is 0 Å². The van der Waals surface area contributed by atoms with Crippen LogP contribution in [0.4, 0.5) is 19.3 Å². The number of imide groups is 2. The summed E-state index contributed by atoms with van der Waals surface area (Å²) in [5, 5.41) is 2.04. The second-order valence-electron chi connectivity index (χ2n) is 6.86. The number of nitrogens with one attached hydrogen (secondary N) is 1. The van der Waals surface area contributed by atoms with Gasteiger partial charge in [-0.1, -0.05) is 42.5 Å². The monoisotopic (exact) mass is 434 g/mol. The molecule has 3 aromatic rings. The number of hydrogen-bond donors (Lipinski definition) is 1. The first-order valence-electron chi connectivity index (χ1n) is 9.56. The molecule has 1 fully saturated rings. The van der Waals surface area contributed by atoms with Crippen molar-refractivity contribution in [2.45, 2.75) is 6.61 Å². The van der Waals surface area contributed by atoms with E-state index < -0.39 is 23.7 Å². The summed E-state index contributed by atoms with van der Waals surface area (Å²) in [6.07, 6.45) is 1.29. The number of anilines is 1. The van der Waals surface area contributed by atoms with Crippen molar-refractivity contribution in [3.8, 4) is 5.75 Å². The van der Waals surface area contributed by atoms with Crippen molar-refractivity contribution in [2.75, 3.05) is 4.90 Å². The van der Waals surface area contributed by atoms with Crippen LogP contribution in [0.1, 0.15) is 11.1 Å². The zero-order valence-corrected chi connectivity index (χ0v) is 16.5. The van der Waals surface area contributed by atoms with Crippen molar-refractivity contribution in [1.82, 2.24) is 5.32 Å². The van der Waals surface area contributed by atoms with Crippen LogP contribution in [-0.2, 0) is 16.2 Å². The fraction of sp³-hybridized carbons (Fsp3) is 0.0417. The van der Waals surface area contributed by atoms with E-state index in [1.54, 1.807) is 42.5 Å². The second-order valence-corrected chi connectivity index (χ2v) is 6.86. The van der Waals surface area contributed by atoms with Gasteiger partial charge in [0.25, 0.3) is 11.8 Å². The summed E-state index contributed by atoms with van der Waals surface area (Å²) in [6, 6.07) is 16.9. The van der Waals surface area contributed by atoms with Gasteiger partial charge in [-0.15, -0.1) is 0 Å². The van der Waals surface area contributed by atoms with Crippen molar-refractivity contribution in [2.24, 2.45) is 0 Å². The van der Waals surface area contributed by atoms with E-state index in [-0.39, 0.29) is 23.7 Å². The molecule has 1 aliphatic rings. The lowest BCUT2D eigenvalue weighted by molar-refractivity contribution is -0.122. The van der Waals surface area contributed by atoms with Gasteiger partial charge in [-0.25, -0.2) is 18.5 Å². The number of carbonyl (C=O) groups is 3. The topological polar surface area (TPSA) is 75.7 Å². The van der Waals surface area contributed by atoms with Gasteiger partial charge in [0.05, 0.1) is 5.69 Å². The highest BCUT2D eigenvalue weighted by molar-refractivity contribution is 6.39.